The smallest absolute Gasteiger partial charge is 0.318 e. The van der Waals surface area contributed by atoms with Gasteiger partial charge in [-0.15, -0.1) is 0 Å². The number of rotatable bonds is 8. The van der Waals surface area contributed by atoms with Crippen LogP contribution in [0.4, 0.5) is 5.69 Å². The Morgan fingerprint density at radius 3 is 2.42 bits per heavy atom. The summed E-state index contributed by atoms with van der Waals surface area (Å²) in [5.41, 5.74) is 0.603. The fourth-order valence-electron chi connectivity index (χ4n) is 2.17. The highest BCUT2D eigenvalue weighted by molar-refractivity contribution is 7.89. The van der Waals surface area contributed by atoms with Gasteiger partial charge in [-0.25, -0.2) is 18.0 Å². The molecule has 2 aromatic carbocycles. The van der Waals surface area contributed by atoms with Gasteiger partial charge < -0.3 is 9.47 Å². The third kappa shape index (κ3) is 4.43. The number of halogens is 1. The van der Waals surface area contributed by atoms with Crippen molar-refractivity contribution in [2.75, 3.05) is 21.3 Å². The van der Waals surface area contributed by atoms with Gasteiger partial charge in [0.05, 0.1) is 24.1 Å². The molecule has 0 radical (unpaired) electrons. The summed E-state index contributed by atoms with van der Waals surface area (Å²) >= 11 is 5.99. The lowest BCUT2D eigenvalue weighted by Gasteiger charge is -2.12. The molecule has 0 saturated heterocycles. The van der Waals surface area contributed by atoms with Crippen LogP contribution >= 0.6 is 11.6 Å². The zero-order valence-electron chi connectivity index (χ0n) is 14.4. The van der Waals surface area contributed by atoms with E-state index in [-0.39, 0.29) is 27.1 Å². The fourth-order valence-corrected chi connectivity index (χ4v) is 3.69. The molecule has 26 heavy (non-hydrogen) atoms. The van der Waals surface area contributed by atoms with Crippen LogP contribution in [0.2, 0.25) is 5.02 Å². The van der Waals surface area contributed by atoms with Crippen LogP contribution in [0.1, 0.15) is 5.56 Å². The summed E-state index contributed by atoms with van der Waals surface area (Å²) in [6, 6.07) is 8.81. The molecule has 2 aromatic rings. The van der Waals surface area contributed by atoms with Crippen LogP contribution in [0.5, 0.6) is 11.5 Å². The molecule has 0 aliphatic heterocycles. The van der Waals surface area contributed by atoms with Crippen molar-refractivity contribution in [3.8, 4) is 11.5 Å². The average molecular weight is 402 g/mol. The van der Waals surface area contributed by atoms with E-state index in [0.717, 1.165) is 6.07 Å². The van der Waals surface area contributed by atoms with Gasteiger partial charge in [0.2, 0.25) is 10.0 Å². The number of methoxy groups -OCH3 is 2. The predicted octanol–water partition coefficient (Wildman–Crippen LogP) is 2.81. The third-order valence-corrected chi connectivity index (χ3v) is 5.41. The summed E-state index contributed by atoms with van der Waals surface area (Å²) in [6.07, 6.45) is 0. The Kier molecular flexibility index (Phi) is 6.41. The molecule has 8 nitrogen and oxygen atoms in total. The van der Waals surface area contributed by atoms with Crippen LogP contribution in [0.25, 0.3) is 0 Å². The topological polar surface area (TPSA) is 93.9 Å². The van der Waals surface area contributed by atoms with Crippen LogP contribution in [0.3, 0.4) is 0 Å². The van der Waals surface area contributed by atoms with Gasteiger partial charge in [0.15, 0.2) is 7.11 Å². The lowest BCUT2D eigenvalue weighted by Crippen LogP contribution is -2.24. The number of hydrogen-bond acceptors (Lipinski definition) is 6. The normalized spacial score (nSPS) is 11.1. The summed E-state index contributed by atoms with van der Waals surface area (Å²) in [5.74, 6) is 1.05. The monoisotopic (exact) mass is 401 g/mol. The molecule has 140 valence electrons. The van der Waals surface area contributed by atoms with Gasteiger partial charge >= 0.3 is 5.69 Å². The summed E-state index contributed by atoms with van der Waals surface area (Å²) in [5, 5.41) is -0.0209. The van der Waals surface area contributed by atoms with Crippen LogP contribution in [-0.2, 0) is 21.4 Å². The highest BCUT2D eigenvalue weighted by Crippen LogP contribution is 2.28. The van der Waals surface area contributed by atoms with Gasteiger partial charge in [-0.1, -0.05) is 17.7 Å². The molecule has 0 aliphatic carbocycles. The van der Waals surface area contributed by atoms with Crippen molar-refractivity contribution < 1.29 is 27.7 Å². The van der Waals surface area contributed by atoms with Crippen LogP contribution in [0, 0.1) is 4.91 Å². The largest absolute Gasteiger partial charge is 0.497 e. The summed E-state index contributed by atoms with van der Waals surface area (Å²) < 4.78 is 38.0. The number of benzene rings is 2. The number of nitrogens with zero attached hydrogens (tertiary/aromatic N) is 1. The molecule has 0 aliphatic rings. The summed E-state index contributed by atoms with van der Waals surface area (Å²) in [4.78, 5) is 16.0. The molecular formula is C16H18ClN2O6S+. The Morgan fingerprint density at radius 2 is 1.81 bits per heavy atom. The molecule has 0 spiro atoms. The quantitative estimate of drug-likeness (QED) is 0.683. The van der Waals surface area contributed by atoms with E-state index in [9.17, 15) is 13.3 Å². The molecule has 0 heterocycles. The van der Waals surface area contributed by atoms with Crippen LogP contribution in [0.15, 0.2) is 41.3 Å². The predicted molar refractivity (Wildman–Crippen MR) is 95.3 cm³/mol. The Bertz CT molecular complexity index is 917. The first-order chi connectivity index (χ1) is 12.3. The highest BCUT2D eigenvalue weighted by Gasteiger charge is 2.24. The number of nitrogens with one attached hydrogen (secondary N) is 1. The number of sulfonamides is 1. The molecule has 0 aromatic heterocycles. The Labute approximate surface area is 156 Å². The zero-order valence-corrected chi connectivity index (χ0v) is 15.9. The maximum Gasteiger partial charge on any atom is 0.318 e. The lowest BCUT2D eigenvalue weighted by molar-refractivity contribution is -0.736. The second-order valence-electron chi connectivity index (χ2n) is 5.06. The maximum atomic E-state index is 12.6. The van der Waals surface area contributed by atoms with E-state index < -0.39 is 10.0 Å². The first-order valence-electron chi connectivity index (χ1n) is 7.34. The summed E-state index contributed by atoms with van der Waals surface area (Å²) in [6.45, 7) is -0.0403. The molecule has 0 bridgehead atoms. The first-order valence-corrected chi connectivity index (χ1v) is 9.20. The van der Waals surface area contributed by atoms with Crippen molar-refractivity contribution in [1.82, 2.24) is 4.72 Å². The average Bonchev–Trinajstić information content (AvgIpc) is 2.65. The van der Waals surface area contributed by atoms with Gasteiger partial charge in [-0.3, -0.25) is 0 Å². The second-order valence-corrected chi connectivity index (χ2v) is 7.20. The Morgan fingerprint density at radius 1 is 1.08 bits per heavy atom. The van der Waals surface area contributed by atoms with Crippen molar-refractivity contribution in [1.29, 1.82) is 0 Å². The van der Waals surface area contributed by atoms with Gasteiger partial charge in [0, 0.05) is 30.3 Å². The molecule has 10 heteroatoms. The molecular weight excluding hydrogens is 384 g/mol. The lowest BCUT2D eigenvalue weighted by atomic mass is 10.2. The molecule has 0 saturated carbocycles. The Balaban J connectivity index is 2.28. The minimum Gasteiger partial charge on any atom is -0.497 e. The van der Waals surface area contributed by atoms with Gasteiger partial charge in [-0.2, -0.15) is 0 Å². The molecule has 0 amide bonds. The molecule has 0 unspecified atom stereocenters. The van der Waals surface area contributed by atoms with Crippen molar-refractivity contribution in [2.45, 2.75) is 11.4 Å². The third-order valence-electron chi connectivity index (χ3n) is 3.53. The number of ether oxygens (including phenoxy) is 2. The van der Waals surface area contributed by atoms with E-state index in [1.54, 1.807) is 18.2 Å². The SMILES string of the molecule is COc1ccc(CNS(=O)(=O)c2cc([N+](=O)OC)ccc2Cl)c(OC)c1. The van der Waals surface area contributed by atoms with Gasteiger partial charge in [-0.05, 0) is 12.1 Å². The van der Waals surface area contributed by atoms with Gasteiger partial charge in [0.25, 0.3) is 4.92 Å². The van der Waals surface area contributed by atoms with Crippen molar-refractivity contribution >= 4 is 27.3 Å². The van der Waals surface area contributed by atoms with E-state index in [4.69, 9.17) is 21.1 Å². The van der Waals surface area contributed by atoms with Gasteiger partial charge in [0.1, 0.15) is 16.4 Å². The van der Waals surface area contributed by atoms with Crippen molar-refractivity contribution in [3.63, 3.8) is 0 Å². The molecule has 1 N–H and O–H groups in total. The van der Waals surface area contributed by atoms with E-state index in [2.05, 4.69) is 9.56 Å². The van der Waals surface area contributed by atoms with Crippen molar-refractivity contribution in [2.24, 2.45) is 0 Å². The molecule has 0 fully saturated rings. The molecule has 0 atom stereocenters. The van der Waals surface area contributed by atoms with E-state index >= 15 is 0 Å². The van der Waals surface area contributed by atoms with Crippen LogP contribution in [-0.4, -0.2) is 34.7 Å². The maximum absolute atomic E-state index is 12.6. The minimum absolute atomic E-state index is 0.000645. The number of hydrogen-bond donors (Lipinski definition) is 1. The van der Waals surface area contributed by atoms with Crippen LogP contribution < -0.4 is 14.2 Å². The van der Waals surface area contributed by atoms with E-state index in [0.29, 0.717) is 17.1 Å². The zero-order chi connectivity index (χ0) is 19.3. The fraction of sp³-hybridized carbons (Fsp3) is 0.250. The van der Waals surface area contributed by atoms with E-state index in [1.165, 1.54) is 33.5 Å². The second kappa shape index (κ2) is 8.35. The molecule has 2 rings (SSSR count). The standard InChI is InChI=1S/C16H18ClN2O6S/c1-23-13-6-4-11(15(9-13)24-2)10-18-26(21,22)16-8-12(19(20)25-3)5-7-14(16)17/h4-9,18H,10H2,1-3H3/q+1. The first kappa shape index (κ1) is 20.0. The highest BCUT2D eigenvalue weighted by atomic mass is 35.5. The Hall–Kier alpha value is -2.36. The minimum atomic E-state index is -3.98. The summed E-state index contributed by atoms with van der Waals surface area (Å²) in [7, 11) is 0.179. The van der Waals surface area contributed by atoms with E-state index in [1.807, 2.05) is 0 Å². The van der Waals surface area contributed by atoms with Crippen molar-refractivity contribution in [3.05, 3.63) is 51.9 Å².